The van der Waals surface area contributed by atoms with E-state index in [0.717, 1.165) is 28.8 Å². The maximum absolute atomic E-state index is 10.6. The second-order valence-corrected chi connectivity index (χ2v) is 5.03. The third kappa shape index (κ3) is 4.16. The number of nitrogens with zero attached hydrogens (tertiary/aromatic N) is 2. The molecule has 0 saturated heterocycles. The van der Waals surface area contributed by atoms with Crippen LogP contribution in [0.1, 0.15) is 17.5 Å². The molecule has 2 aromatic rings. The monoisotopic (exact) mass is 288 g/mol. The van der Waals surface area contributed by atoms with Gasteiger partial charge in [0.15, 0.2) is 0 Å². The van der Waals surface area contributed by atoms with E-state index >= 15 is 0 Å². The quantitative estimate of drug-likeness (QED) is 0.850. The van der Waals surface area contributed by atoms with Crippen LogP contribution >= 0.6 is 0 Å². The van der Waals surface area contributed by atoms with Gasteiger partial charge in [-0.15, -0.1) is 0 Å². The average molecular weight is 288 g/mol. The summed E-state index contributed by atoms with van der Waals surface area (Å²) in [6.45, 7) is 3.40. The highest BCUT2D eigenvalue weighted by molar-refractivity contribution is 5.68. The molecule has 0 unspecified atom stereocenters. The fourth-order valence-electron chi connectivity index (χ4n) is 2.27. The number of methoxy groups -OCH3 is 1. The molecular weight excluding hydrogens is 268 g/mol. The van der Waals surface area contributed by atoms with E-state index in [4.69, 9.17) is 9.84 Å². The van der Waals surface area contributed by atoms with Gasteiger partial charge in [0.25, 0.3) is 0 Å². The molecule has 0 aliphatic carbocycles. The van der Waals surface area contributed by atoms with E-state index in [1.807, 2.05) is 42.2 Å². The summed E-state index contributed by atoms with van der Waals surface area (Å²) in [5, 5.41) is 13.0. The second-order valence-electron chi connectivity index (χ2n) is 5.03. The van der Waals surface area contributed by atoms with Crippen molar-refractivity contribution in [3.63, 3.8) is 0 Å². The SMILES string of the molecule is COCCn1cc(-c2ccc(CCC(=O)O)cc2C)cn1. The molecule has 1 heterocycles. The van der Waals surface area contributed by atoms with Crippen molar-refractivity contribution >= 4 is 5.97 Å². The molecule has 21 heavy (non-hydrogen) atoms. The van der Waals surface area contributed by atoms with Gasteiger partial charge in [-0.05, 0) is 30.0 Å². The Morgan fingerprint density at radius 3 is 2.90 bits per heavy atom. The van der Waals surface area contributed by atoms with Crippen LogP contribution in [0.3, 0.4) is 0 Å². The van der Waals surface area contributed by atoms with Crippen molar-refractivity contribution in [1.29, 1.82) is 0 Å². The molecule has 0 atom stereocenters. The van der Waals surface area contributed by atoms with Crippen molar-refractivity contribution in [1.82, 2.24) is 9.78 Å². The van der Waals surface area contributed by atoms with Gasteiger partial charge in [-0.1, -0.05) is 18.2 Å². The van der Waals surface area contributed by atoms with Crippen LogP contribution in [0.2, 0.25) is 0 Å². The minimum atomic E-state index is -0.767. The predicted molar refractivity (Wildman–Crippen MR) is 80.2 cm³/mol. The van der Waals surface area contributed by atoms with Gasteiger partial charge in [0.1, 0.15) is 0 Å². The van der Waals surface area contributed by atoms with Crippen LogP contribution in [0, 0.1) is 6.92 Å². The number of rotatable bonds is 7. The minimum Gasteiger partial charge on any atom is -0.481 e. The summed E-state index contributed by atoms with van der Waals surface area (Å²) in [6, 6.07) is 6.06. The summed E-state index contributed by atoms with van der Waals surface area (Å²) in [4.78, 5) is 10.6. The molecule has 2 rings (SSSR count). The molecule has 0 aliphatic rings. The van der Waals surface area contributed by atoms with Crippen LogP contribution in [-0.4, -0.2) is 34.6 Å². The lowest BCUT2D eigenvalue weighted by atomic mass is 9.99. The molecular formula is C16H20N2O3. The molecule has 0 aliphatic heterocycles. The number of carboxylic acid groups (broad SMARTS) is 1. The highest BCUT2D eigenvalue weighted by atomic mass is 16.5. The summed E-state index contributed by atoms with van der Waals surface area (Å²) in [7, 11) is 1.67. The van der Waals surface area contributed by atoms with Crippen molar-refractivity contribution in [3.05, 3.63) is 41.7 Å². The van der Waals surface area contributed by atoms with Gasteiger partial charge in [-0.2, -0.15) is 5.10 Å². The van der Waals surface area contributed by atoms with E-state index in [1.165, 1.54) is 0 Å². The fourth-order valence-corrected chi connectivity index (χ4v) is 2.27. The van der Waals surface area contributed by atoms with E-state index < -0.39 is 5.97 Å². The van der Waals surface area contributed by atoms with Crippen LogP contribution in [0.5, 0.6) is 0 Å². The molecule has 112 valence electrons. The summed E-state index contributed by atoms with van der Waals surface area (Å²) >= 11 is 0. The molecule has 0 radical (unpaired) electrons. The van der Waals surface area contributed by atoms with Gasteiger partial charge < -0.3 is 9.84 Å². The van der Waals surface area contributed by atoms with E-state index in [2.05, 4.69) is 5.10 Å². The third-order valence-corrected chi connectivity index (χ3v) is 3.39. The molecule has 0 spiro atoms. The van der Waals surface area contributed by atoms with Gasteiger partial charge >= 0.3 is 5.97 Å². The minimum absolute atomic E-state index is 0.160. The number of aromatic nitrogens is 2. The van der Waals surface area contributed by atoms with Gasteiger partial charge in [0, 0.05) is 25.3 Å². The first kappa shape index (κ1) is 15.3. The Morgan fingerprint density at radius 2 is 2.24 bits per heavy atom. The van der Waals surface area contributed by atoms with Crippen molar-refractivity contribution in [3.8, 4) is 11.1 Å². The Balaban J connectivity index is 2.12. The lowest BCUT2D eigenvalue weighted by Crippen LogP contribution is -2.03. The highest BCUT2D eigenvalue weighted by Gasteiger charge is 2.07. The van der Waals surface area contributed by atoms with Gasteiger partial charge in [0.2, 0.25) is 0 Å². The normalized spacial score (nSPS) is 10.8. The second kappa shape index (κ2) is 7.04. The molecule has 0 fully saturated rings. The summed E-state index contributed by atoms with van der Waals surface area (Å²) in [6.07, 6.45) is 4.56. The number of carboxylic acids is 1. The van der Waals surface area contributed by atoms with E-state index in [9.17, 15) is 4.79 Å². The van der Waals surface area contributed by atoms with Crippen LogP contribution in [0.15, 0.2) is 30.6 Å². The first-order valence-corrected chi connectivity index (χ1v) is 6.93. The van der Waals surface area contributed by atoms with Gasteiger partial charge in [-0.3, -0.25) is 9.48 Å². The van der Waals surface area contributed by atoms with E-state index in [1.54, 1.807) is 7.11 Å². The molecule has 0 bridgehead atoms. The topological polar surface area (TPSA) is 64.3 Å². The zero-order chi connectivity index (χ0) is 15.2. The Morgan fingerprint density at radius 1 is 1.43 bits per heavy atom. The number of carbonyl (C=O) groups is 1. The van der Waals surface area contributed by atoms with Crippen LogP contribution in [0.25, 0.3) is 11.1 Å². The summed E-state index contributed by atoms with van der Waals surface area (Å²) < 4.78 is 6.90. The molecule has 5 heteroatoms. The smallest absolute Gasteiger partial charge is 0.303 e. The number of aryl methyl sites for hydroxylation is 2. The Bertz CT molecular complexity index is 620. The fraction of sp³-hybridized carbons (Fsp3) is 0.375. The van der Waals surface area contributed by atoms with Gasteiger partial charge in [0.05, 0.1) is 19.3 Å². The lowest BCUT2D eigenvalue weighted by Gasteiger charge is -2.06. The predicted octanol–water partition coefficient (Wildman–Crippen LogP) is 2.52. The Labute approximate surface area is 124 Å². The largest absolute Gasteiger partial charge is 0.481 e. The number of benzene rings is 1. The number of hydrogen-bond donors (Lipinski definition) is 1. The molecule has 0 amide bonds. The van der Waals surface area contributed by atoms with E-state index in [-0.39, 0.29) is 6.42 Å². The maximum atomic E-state index is 10.6. The standard InChI is InChI=1S/C16H20N2O3/c1-12-9-13(4-6-16(19)20)3-5-15(12)14-10-17-18(11-14)7-8-21-2/h3,5,9-11H,4,6-8H2,1-2H3,(H,19,20). The third-order valence-electron chi connectivity index (χ3n) is 3.39. The average Bonchev–Trinajstić information content (AvgIpc) is 2.91. The molecule has 1 aromatic carbocycles. The van der Waals surface area contributed by atoms with Crippen LogP contribution in [0.4, 0.5) is 0 Å². The molecule has 0 saturated carbocycles. The van der Waals surface area contributed by atoms with Crippen molar-refractivity contribution in [2.45, 2.75) is 26.3 Å². The molecule has 1 aromatic heterocycles. The van der Waals surface area contributed by atoms with Crippen LogP contribution < -0.4 is 0 Å². The summed E-state index contributed by atoms with van der Waals surface area (Å²) in [5.74, 6) is -0.767. The first-order valence-electron chi connectivity index (χ1n) is 6.93. The summed E-state index contributed by atoms with van der Waals surface area (Å²) in [5.41, 5.74) is 4.36. The zero-order valence-corrected chi connectivity index (χ0v) is 12.4. The number of aliphatic carboxylic acids is 1. The number of hydrogen-bond acceptors (Lipinski definition) is 3. The van der Waals surface area contributed by atoms with E-state index in [0.29, 0.717) is 13.0 Å². The zero-order valence-electron chi connectivity index (χ0n) is 12.4. The van der Waals surface area contributed by atoms with Crippen molar-refractivity contribution in [2.75, 3.05) is 13.7 Å². The molecule has 1 N–H and O–H groups in total. The first-order chi connectivity index (χ1) is 10.1. The maximum Gasteiger partial charge on any atom is 0.303 e. The Hall–Kier alpha value is -2.14. The van der Waals surface area contributed by atoms with Crippen LogP contribution in [-0.2, 0) is 22.5 Å². The molecule has 5 nitrogen and oxygen atoms in total. The number of ether oxygens (including phenoxy) is 1. The highest BCUT2D eigenvalue weighted by Crippen LogP contribution is 2.24. The Kier molecular flexibility index (Phi) is 5.11. The van der Waals surface area contributed by atoms with Crippen molar-refractivity contribution in [2.24, 2.45) is 0 Å². The van der Waals surface area contributed by atoms with Gasteiger partial charge in [-0.25, -0.2) is 0 Å². The van der Waals surface area contributed by atoms with Crippen molar-refractivity contribution < 1.29 is 14.6 Å². The lowest BCUT2D eigenvalue weighted by molar-refractivity contribution is -0.136.